The van der Waals surface area contributed by atoms with E-state index in [1.54, 1.807) is 18.2 Å². The molecule has 0 unspecified atom stereocenters. The molecular weight excluding hydrogens is 378 g/mol. The van der Waals surface area contributed by atoms with Gasteiger partial charge in [0.15, 0.2) is 0 Å². The zero-order valence-electron chi connectivity index (χ0n) is 16.5. The first kappa shape index (κ1) is 18.4. The van der Waals surface area contributed by atoms with Gasteiger partial charge in [0.05, 0.1) is 30.0 Å². The number of nitrogens with one attached hydrogen (secondary N) is 1. The molecular formula is C25H21NO4. The van der Waals surface area contributed by atoms with Gasteiger partial charge in [-0.1, -0.05) is 48.5 Å². The van der Waals surface area contributed by atoms with Crippen LogP contribution in [0.25, 0.3) is 0 Å². The average molecular weight is 399 g/mol. The number of anilines is 1. The van der Waals surface area contributed by atoms with Crippen molar-refractivity contribution in [3.8, 4) is 0 Å². The minimum absolute atomic E-state index is 0.0675. The van der Waals surface area contributed by atoms with E-state index in [0.717, 1.165) is 17.5 Å². The first-order valence-electron chi connectivity index (χ1n) is 9.97. The Morgan fingerprint density at radius 2 is 1.70 bits per heavy atom. The van der Waals surface area contributed by atoms with Crippen LogP contribution < -0.4 is 5.32 Å². The molecule has 5 rings (SSSR count). The highest BCUT2D eigenvalue weighted by Gasteiger charge is 2.44. The highest BCUT2D eigenvalue weighted by atomic mass is 16.5. The van der Waals surface area contributed by atoms with Gasteiger partial charge in [0.1, 0.15) is 0 Å². The van der Waals surface area contributed by atoms with Crippen molar-refractivity contribution in [3.63, 3.8) is 0 Å². The summed E-state index contributed by atoms with van der Waals surface area (Å²) in [6.45, 7) is 0. The topological polar surface area (TPSA) is 75.6 Å². The molecule has 0 saturated carbocycles. The molecule has 1 heterocycles. The molecule has 3 atom stereocenters. The van der Waals surface area contributed by atoms with Crippen molar-refractivity contribution < 1.29 is 19.4 Å². The number of carboxylic acids is 1. The molecule has 5 nitrogen and oxygen atoms in total. The second kappa shape index (κ2) is 7.02. The van der Waals surface area contributed by atoms with Gasteiger partial charge in [0.25, 0.3) is 0 Å². The lowest BCUT2D eigenvalue weighted by Crippen LogP contribution is -2.31. The van der Waals surface area contributed by atoms with Gasteiger partial charge < -0.3 is 15.2 Å². The van der Waals surface area contributed by atoms with Gasteiger partial charge in [-0.05, 0) is 52.8 Å². The molecule has 1 aliphatic heterocycles. The maximum atomic E-state index is 11.9. The van der Waals surface area contributed by atoms with E-state index in [2.05, 4.69) is 23.5 Å². The Balaban J connectivity index is 1.64. The summed E-state index contributed by atoms with van der Waals surface area (Å²) in [5, 5.41) is 13.3. The minimum atomic E-state index is -0.941. The number of rotatable bonds is 3. The van der Waals surface area contributed by atoms with E-state index in [0.29, 0.717) is 11.3 Å². The van der Waals surface area contributed by atoms with Crippen LogP contribution in [0, 0.1) is 5.92 Å². The van der Waals surface area contributed by atoms with Crippen molar-refractivity contribution in [1.29, 1.82) is 0 Å². The number of carbonyl (C=O) groups is 2. The number of benzene rings is 3. The maximum Gasteiger partial charge on any atom is 0.337 e. The van der Waals surface area contributed by atoms with Gasteiger partial charge in [-0.25, -0.2) is 9.59 Å². The summed E-state index contributed by atoms with van der Waals surface area (Å²) in [6, 6.07) is 21.2. The van der Waals surface area contributed by atoms with Crippen molar-refractivity contribution in [2.24, 2.45) is 5.92 Å². The lowest BCUT2D eigenvalue weighted by Gasteiger charge is -2.38. The maximum absolute atomic E-state index is 11.9. The Hall–Kier alpha value is -3.60. The second-order valence-corrected chi connectivity index (χ2v) is 7.86. The van der Waals surface area contributed by atoms with Crippen molar-refractivity contribution in [2.45, 2.75) is 18.4 Å². The average Bonchev–Trinajstić information content (AvgIpc) is 3.17. The van der Waals surface area contributed by atoms with Gasteiger partial charge in [0, 0.05) is 5.92 Å². The molecule has 150 valence electrons. The number of hydrogen-bond donors (Lipinski definition) is 2. The van der Waals surface area contributed by atoms with Crippen LogP contribution in [0.4, 0.5) is 5.69 Å². The molecule has 0 bridgehead atoms. The monoisotopic (exact) mass is 399 g/mol. The molecule has 0 amide bonds. The summed E-state index contributed by atoms with van der Waals surface area (Å²) in [7, 11) is 1.36. The Morgan fingerprint density at radius 1 is 0.967 bits per heavy atom. The first-order chi connectivity index (χ1) is 14.6. The van der Waals surface area contributed by atoms with E-state index in [9.17, 15) is 14.7 Å². The number of carboxylic acid groups (broad SMARTS) is 1. The van der Waals surface area contributed by atoms with Gasteiger partial charge in [-0.15, -0.1) is 0 Å². The number of hydrogen-bond acceptors (Lipinski definition) is 4. The standard InChI is InChI=1S/C25H21NO4/c1-30-25(29)15-11-9-14(10-12-15)22-20-13-16-5-2-3-6-17(16)21(20)18-7-4-8-19(24(27)28)23(18)26-22/h2-12,20-22,26H,13H2,1H3,(H,27,28)/t20-,21-,22-/m0/s1. The number of fused-ring (bicyclic) bond motifs is 5. The Labute approximate surface area is 174 Å². The van der Waals surface area contributed by atoms with Crippen molar-refractivity contribution in [2.75, 3.05) is 12.4 Å². The summed E-state index contributed by atoms with van der Waals surface area (Å²) >= 11 is 0. The highest BCUT2D eigenvalue weighted by Crippen LogP contribution is 2.54. The molecule has 0 radical (unpaired) electrons. The summed E-state index contributed by atoms with van der Waals surface area (Å²) < 4.78 is 4.80. The van der Waals surface area contributed by atoms with Gasteiger partial charge in [0.2, 0.25) is 0 Å². The Morgan fingerprint density at radius 3 is 2.43 bits per heavy atom. The fraction of sp³-hybridized carbons (Fsp3) is 0.200. The second-order valence-electron chi connectivity index (χ2n) is 7.86. The molecule has 2 aliphatic rings. The fourth-order valence-electron chi connectivity index (χ4n) is 5.04. The van der Waals surface area contributed by atoms with Crippen LogP contribution in [0.3, 0.4) is 0 Å². The van der Waals surface area contributed by atoms with Crippen LogP contribution in [0.5, 0.6) is 0 Å². The van der Waals surface area contributed by atoms with Crippen molar-refractivity contribution in [1.82, 2.24) is 0 Å². The first-order valence-corrected chi connectivity index (χ1v) is 9.97. The van der Waals surface area contributed by atoms with Crippen LogP contribution >= 0.6 is 0 Å². The smallest absolute Gasteiger partial charge is 0.337 e. The number of para-hydroxylation sites is 1. The molecule has 3 aromatic carbocycles. The molecule has 0 aromatic heterocycles. The van der Waals surface area contributed by atoms with E-state index in [1.807, 2.05) is 30.3 Å². The third kappa shape index (κ3) is 2.77. The van der Waals surface area contributed by atoms with Gasteiger partial charge in [-0.3, -0.25) is 0 Å². The summed E-state index contributed by atoms with van der Waals surface area (Å²) in [4.78, 5) is 23.7. The van der Waals surface area contributed by atoms with E-state index in [-0.39, 0.29) is 29.4 Å². The number of ether oxygens (including phenoxy) is 1. The van der Waals surface area contributed by atoms with Crippen LogP contribution in [0.15, 0.2) is 66.7 Å². The molecule has 0 spiro atoms. The zero-order chi connectivity index (χ0) is 20.8. The Kier molecular flexibility index (Phi) is 4.31. The van der Waals surface area contributed by atoms with Crippen molar-refractivity contribution >= 4 is 17.6 Å². The largest absolute Gasteiger partial charge is 0.478 e. The number of aromatic carboxylic acids is 1. The highest BCUT2D eigenvalue weighted by molar-refractivity contribution is 5.96. The van der Waals surface area contributed by atoms with Gasteiger partial charge >= 0.3 is 11.9 Å². The zero-order valence-corrected chi connectivity index (χ0v) is 16.5. The summed E-state index contributed by atoms with van der Waals surface area (Å²) in [5.41, 5.74) is 6.10. The molecule has 5 heteroatoms. The van der Waals surface area contributed by atoms with Crippen molar-refractivity contribution in [3.05, 3.63) is 100 Å². The van der Waals surface area contributed by atoms with E-state index in [4.69, 9.17) is 4.74 Å². The fourth-order valence-corrected chi connectivity index (χ4v) is 5.04. The van der Waals surface area contributed by atoms with E-state index < -0.39 is 5.97 Å². The predicted octanol–water partition coefficient (Wildman–Crippen LogP) is 4.64. The Bertz CT molecular complexity index is 1150. The quantitative estimate of drug-likeness (QED) is 0.628. The van der Waals surface area contributed by atoms with E-state index in [1.165, 1.54) is 18.2 Å². The minimum Gasteiger partial charge on any atom is -0.478 e. The SMILES string of the molecule is COC(=O)c1ccc([C@@H]2Nc3c(C(=O)O)cccc3[C@@H]3c4ccccc4C[C@@H]32)cc1. The number of methoxy groups -OCH3 is 1. The normalized spacial score (nSPS) is 21.0. The molecule has 3 aromatic rings. The predicted molar refractivity (Wildman–Crippen MR) is 113 cm³/mol. The number of esters is 1. The van der Waals surface area contributed by atoms with Crippen LogP contribution in [-0.2, 0) is 11.2 Å². The summed E-state index contributed by atoms with van der Waals surface area (Å²) in [6.07, 6.45) is 0.911. The van der Waals surface area contributed by atoms with Crippen LogP contribution in [0.2, 0.25) is 0 Å². The third-order valence-electron chi connectivity index (χ3n) is 6.35. The van der Waals surface area contributed by atoms with E-state index >= 15 is 0 Å². The summed E-state index contributed by atoms with van der Waals surface area (Å²) in [5.74, 6) is -0.934. The van der Waals surface area contributed by atoms with Crippen LogP contribution in [-0.4, -0.2) is 24.2 Å². The molecule has 0 fully saturated rings. The lowest BCUT2D eigenvalue weighted by molar-refractivity contribution is 0.0599. The number of carbonyl (C=O) groups excluding carboxylic acids is 1. The third-order valence-corrected chi connectivity index (χ3v) is 6.35. The molecule has 2 N–H and O–H groups in total. The molecule has 30 heavy (non-hydrogen) atoms. The lowest BCUT2D eigenvalue weighted by atomic mass is 9.75. The molecule has 0 saturated heterocycles. The van der Waals surface area contributed by atoms with Crippen LogP contribution in [0.1, 0.15) is 54.9 Å². The molecule has 1 aliphatic carbocycles. The van der Waals surface area contributed by atoms with Gasteiger partial charge in [-0.2, -0.15) is 0 Å².